The monoisotopic (exact) mass is 272 g/mol. The molecule has 1 N–H and O–H groups in total. The summed E-state index contributed by atoms with van der Waals surface area (Å²) in [5, 5.41) is 7.54. The zero-order valence-corrected chi connectivity index (χ0v) is 11.5. The van der Waals surface area contributed by atoms with Gasteiger partial charge in [-0.05, 0) is 18.5 Å². The van der Waals surface area contributed by atoms with Crippen molar-refractivity contribution < 1.29 is 9.26 Å². The Morgan fingerprint density at radius 3 is 2.95 bits per heavy atom. The van der Waals surface area contributed by atoms with Crippen LogP contribution in [0.2, 0.25) is 0 Å². The zero-order chi connectivity index (χ0) is 13.6. The van der Waals surface area contributed by atoms with Gasteiger partial charge in [-0.2, -0.15) is 0 Å². The highest BCUT2D eigenvalue weighted by molar-refractivity contribution is 5.13. The van der Waals surface area contributed by atoms with E-state index < -0.39 is 0 Å². The summed E-state index contributed by atoms with van der Waals surface area (Å²) in [6.07, 6.45) is 2.74. The minimum Gasteiger partial charge on any atom is -0.376 e. The van der Waals surface area contributed by atoms with Gasteiger partial charge in [0.1, 0.15) is 6.26 Å². The smallest absolute Gasteiger partial charge is 0.124 e. The summed E-state index contributed by atoms with van der Waals surface area (Å²) >= 11 is 0. The van der Waals surface area contributed by atoms with Gasteiger partial charge in [-0.15, -0.1) is 0 Å². The second-order valence-corrected chi connectivity index (χ2v) is 5.28. The van der Waals surface area contributed by atoms with E-state index in [0.29, 0.717) is 18.4 Å². The van der Waals surface area contributed by atoms with E-state index in [0.717, 1.165) is 31.8 Å². The van der Waals surface area contributed by atoms with Crippen molar-refractivity contribution >= 4 is 0 Å². The minimum absolute atomic E-state index is 0.436. The predicted molar refractivity (Wildman–Crippen MR) is 76.3 cm³/mol. The lowest BCUT2D eigenvalue weighted by molar-refractivity contribution is 0.0689. The Bertz CT molecular complexity index is 498. The van der Waals surface area contributed by atoms with E-state index in [9.17, 15) is 0 Å². The van der Waals surface area contributed by atoms with Gasteiger partial charge in [0.2, 0.25) is 0 Å². The maximum absolute atomic E-state index is 5.89. The number of hydrogen-bond donors (Lipinski definition) is 1. The number of nitrogens with one attached hydrogen (secondary N) is 1. The lowest BCUT2D eigenvalue weighted by atomic mass is 9.84. The molecular formula is C16H20N2O2. The van der Waals surface area contributed by atoms with Gasteiger partial charge in [0.15, 0.2) is 0 Å². The number of benzene rings is 1. The van der Waals surface area contributed by atoms with Crippen LogP contribution in [0.25, 0.3) is 0 Å². The third kappa shape index (κ3) is 3.26. The molecule has 2 unspecified atom stereocenters. The summed E-state index contributed by atoms with van der Waals surface area (Å²) in [6, 6.07) is 12.3. The molecule has 4 nitrogen and oxygen atoms in total. The topological polar surface area (TPSA) is 47.3 Å². The molecule has 20 heavy (non-hydrogen) atoms. The molecule has 1 aromatic heterocycles. The third-order valence-corrected chi connectivity index (χ3v) is 3.89. The Balaban J connectivity index is 1.55. The Morgan fingerprint density at radius 1 is 1.25 bits per heavy atom. The molecule has 0 amide bonds. The molecule has 0 aliphatic carbocycles. The average molecular weight is 272 g/mol. The van der Waals surface area contributed by atoms with Gasteiger partial charge in [0.05, 0.1) is 18.9 Å². The van der Waals surface area contributed by atoms with Crippen molar-refractivity contribution in [2.75, 3.05) is 19.7 Å². The van der Waals surface area contributed by atoms with E-state index in [-0.39, 0.29) is 0 Å². The molecule has 1 aromatic carbocycles. The number of hydrogen-bond acceptors (Lipinski definition) is 4. The lowest BCUT2D eigenvalue weighted by Gasteiger charge is -2.30. The quantitative estimate of drug-likeness (QED) is 0.909. The molecule has 2 aromatic rings. The van der Waals surface area contributed by atoms with Gasteiger partial charge in [-0.25, -0.2) is 0 Å². The lowest BCUT2D eigenvalue weighted by Crippen LogP contribution is -2.38. The molecular weight excluding hydrogens is 252 g/mol. The molecule has 0 bridgehead atoms. The van der Waals surface area contributed by atoms with E-state index >= 15 is 0 Å². The zero-order valence-electron chi connectivity index (χ0n) is 11.5. The van der Waals surface area contributed by atoms with Crippen LogP contribution in [-0.4, -0.2) is 24.9 Å². The van der Waals surface area contributed by atoms with Gasteiger partial charge in [-0.1, -0.05) is 35.5 Å². The predicted octanol–water partition coefficient (Wildman–Crippen LogP) is 2.58. The largest absolute Gasteiger partial charge is 0.376 e. The van der Waals surface area contributed by atoms with Crippen LogP contribution in [0.1, 0.15) is 23.6 Å². The minimum atomic E-state index is 0.436. The molecule has 4 heteroatoms. The number of piperidine rings is 1. The van der Waals surface area contributed by atoms with Crippen molar-refractivity contribution in [3.05, 3.63) is 53.9 Å². The Morgan fingerprint density at radius 2 is 2.15 bits per heavy atom. The van der Waals surface area contributed by atoms with Crippen LogP contribution in [0, 0.1) is 5.92 Å². The van der Waals surface area contributed by atoms with Crippen LogP contribution < -0.4 is 5.32 Å². The van der Waals surface area contributed by atoms with Crippen LogP contribution in [0.3, 0.4) is 0 Å². The first-order valence-electron chi connectivity index (χ1n) is 7.16. The number of aromatic nitrogens is 1. The molecule has 0 radical (unpaired) electrons. The van der Waals surface area contributed by atoms with Gasteiger partial charge in [-0.3, -0.25) is 0 Å². The first-order chi connectivity index (χ1) is 9.93. The van der Waals surface area contributed by atoms with E-state index in [1.54, 1.807) is 6.26 Å². The Kier molecular flexibility index (Phi) is 4.46. The second kappa shape index (κ2) is 6.68. The Labute approximate surface area is 119 Å². The molecule has 3 rings (SSSR count). The van der Waals surface area contributed by atoms with Crippen molar-refractivity contribution in [1.29, 1.82) is 0 Å². The van der Waals surface area contributed by atoms with Gasteiger partial charge in [0.25, 0.3) is 0 Å². The fourth-order valence-electron chi connectivity index (χ4n) is 2.80. The van der Waals surface area contributed by atoms with Crippen molar-refractivity contribution in [3.8, 4) is 0 Å². The molecule has 1 fully saturated rings. The van der Waals surface area contributed by atoms with Gasteiger partial charge in [0, 0.05) is 24.4 Å². The van der Waals surface area contributed by atoms with Crippen molar-refractivity contribution in [1.82, 2.24) is 10.5 Å². The molecule has 1 aliphatic heterocycles. The second-order valence-electron chi connectivity index (χ2n) is 5.28. The first-order valence-corrected chi connectivity index (χ1v) is 7.16. The van der Waals surface area contributed by atoms with Crippen LogP contribution in [0.5, 0.6) is 0 Å². The van der Waals surface area contributed by atoms with Crippen LogP contribution in [0.4, 0.5) is 0 Å². The summed E-state index contributed by atoms with van der Waals surface area (Å²) < 4.78 is 10.9. The number of rotatable bonds is 5. The molecule has 106 valence electrons. The first kappa shape index (κ1) is 13.3. The molecule has 1 saturated heterocycles. The van der Waals surface area contributed by atoms with Crippen LogP contribution >= 0.6 is 0 Å². The maximum atomic E-state index is 5.89. The van der Waals surface area contributed by atoms with Gasteiger partial charge < -0.3 is 14.6 Å². The summed E-state index contributed by atoms with van der Waals surface area (Å²) in [6.45, 7) is 3.43. The van der Waals surface area contributed by atoms with E-state index in [1.165, 1.54) is 5.56 Å². The van der Waals surface area contributed by atoms with E-state index in [2.05, 4.69) is 22.6 Å². The standard InChI is InChI=1S/C16H20N2O2/c1-2-4-13(5-3-1)11-19-12-14-10-17-8-6-15(14)16-7-9-20-18-16/h1-5,7,9,14-15,17H,6,8,10-12H2. The summed E-state index contributed by atoms with van der Waals surface area (Å²) in [5.74, 6) is 0.892. The summed E-state index contributed by atoms with van der Waals surface area (Å²) in [5.41, 5.74) is 2.27. The molecule has 0 spiro atoms. The Hall–Kier alpha value is -1.65. The third-order valence-electron chi connectivity index (χ3n) is 3.89. The number of ether oxygens (including phenoxy) is 1. The SMILES string of the molecule is c1ccc(COCC2CNCCC2c2ccon2)cc1. The van der Waals surface area contributed by atoms with Crippen molar-refractivity contribution in [2.45, 2.75) is 18.9 Å². The fraction of sp³-hybridized carbons (Fsp3) is 0.438. The van der Waals surface area contributed by atoms with E-state index in [1.807, 2.05) is 24.3 Å². The molecule has 2 heterocycles. The highest BCUT2D eigenvalue weighted by Gasteiger charge is 2.28. The average Bonchev–Trinajstić information content (AvgIpc) is 3.03. The molecule has 2 atom stereocenters. The summed E-state index contributed by atoms with van der Waals surface area (Å²) in [7, 11) is 0. The van der Waals surface area contributed by atoms with Crippen LogP contribution in [-0.2, 0) is 11.3 Å². The highest BCUT2D eigenvalue weighted by Crippen LogP contribution is 2.29. The molecule has 0 saturated carbocycles. The fourth-order valence-corrected chi connectivity index (χ4v) is 2.80. The van der Waals surface area contributed by atoms with E-state index in [4.69, 9.17) is 9.26 Å². The van der Waals surface area contributed by atoms with Crippen LogP contribution in [0.15, 0.2) is 47.2 Å². The molecule has 1 aliphatic rings. The maximum Gasteiger partial charge on any atom is 0.124 e. The number of nitrogens with zero attached hydrogens (tertiary/aromatic N) is 1. The highest BCUT2D eigenvalue weighted by atomic mass is 16.5. The van der Waals surface area contributed by atoms with Gasteiger partial charge >= 0.3 is 0 Å². The normalized spacial score (nSPS) is 22.8. The summed E-state index contributed by atoms with van der Waals surface area (Å²) in [4.78, 5) is 0. The van der Waals surface area contributed by atoms with Crippen molar-refractivity contribution in [2.24, 2.45) is 5.92 Å². The van der Waals surface area contributed by atoms with Crippen molar-refractivity contribution in [3.63, 3.8) is 0 Å².